The van der Waals surface area contributed by atoms with Crippen LogP contribution in [0.4, 0.5) is 17.1 Å². The Balaban J connectivity index is 1.82. The molecule has 0 aromatic heterocycles. The monoisotopic (exact) mass is 417 g/mol. The summed E-state index contributed by atoms with van der Waals surface area (Å²) in [7, 11) is -2.23. The maximum atomic E-state index is 11.8. The van der Waals surface area contributed by atoms with Crippen molar-refractivity contribution in [2.24, 2.45) is 5.73 Å². The summed E-state index contributed by atoms with van der Waals surface area (Å²) >= 11 is 0. The van der Waals surface area contributed by atoms with Crippen LogP contribution in [0.3, 0.4) is 0 Å². The van der Waals surface area contributed by atoms with Gasteiger partial charge >= 0.3 is 0 Å². The van der Waals surface area contributed by atoms with Gasteiger partial charge in [-0.2, -0.15) is 8.42 Å². The van der Waals surface area contributed by atoms with Gasteiger partial charge in [0, 0.05) is 50.5 Å². The van der Waals surface area contributed by atoms with Gasteiger partial charge in [0.25, 0.3) is 10.2 Å². The molecular formula is C20H27N5O3S. The van der Waals surface area contributed by atoms with Crippen molar-refractivity contribution in [1.29, 1.82) is 0 Å². The van der Waals surface area contributed by atoms with Gasteiger partial charge in [-0.3, -0.25) is 9.52 Å². The first kappa shape index (κ1) is 20.9. The number of hydrogen-bond acceptors (Lipinski definition) is 5. The number of carbonyl (C=O) groups is 1. The maximum absolute atomic E-state index is 11.8. The maximum Gasteiger partial charge on any atom is 0.298 e. The van der Waals surface area contributed by atoms with E-state index in [1.807, 2.05) is 36.4 Å². The van der Waals surface area contributed by atoms with Crippen molar-refractivity contribution < 1.29 is 13.2 Å². The van der Waals surface area contributed by atoms with Gasteiger partial charge in [-0.25, -0.2) is 4.72 Å². The minimum atomic E-state index is -3.59. The first-order chi connectivity index (χ1) is 13.9. The number of amides is 1. The Kier molecular flexibility index (Phi) is 6.60. The number of benzene rings is 2. The summed E-state index contributed by atoms with van der Waals surface area (Å²) in [6, 6.07) is 17.5. The first-order valence-corrected chi connectivity index (χ1v) is 11.0. The Hall–Kier alpha value is -2.78. The molecule has 0 aliphatic carbocycles. The molecular weight excluding hydrogens is 390 g/mol. The van der Waals surface area contributed by atoms with Gasteiger partial charge in [0.15, 0.2) is 0 Å². The van der Waals surface area contributed by atoms with E-state index in [9.17, 15) is 13.2 Å². The van der Waals surface area contributed by atoms with E-state index >= 15 is 0 Å². The molecule has 1 fully saturated rings. The lowest BCUT2D eigenvalue weighted by atomic mass is 10.0. The Morgan fingerprint density at radius 3 is 2.52 bits per heavy atom. The van der Waals surface area contributed by atoms with Gasteiger partial charge in [-0.05, 0) is 36.8 Å². The lowest BCUT2D eigenvalue weighted by Crippen LogP contribution is -2.53. The van der Waals surface area contributed by atoms with E-state index in [0.29, 0.717) is 18.5 Å². The van der Waals surface area contributed by atoms with E-state index in [4.69, 9.17) is 5.73 Å². The summed E-state index contributed by atoms with van der Waals surface area (Å²) in [6.45, 7) is 2.33. The molecule has 1 amide bonds. The lowest BCUT2D eigenvalue weighted by molar-refractivity contribution is -0.118. The Morgan fingerprint density at radius 2 is 1.83 bits per heavy atom. The zero-order valence-corrected chi connectivity index (χ0v) is 17.2. The van der Waals surface area contributed by atoms with Crippen LogP contribution in [0.25, 0.3) is 0 Å². The zero-order valence-electron chi connectivity index (χ0n) is 16.4. The highest BCUT2D eigenvalue weighted by Gasteiger charge is 2.28. The number of carbonyl (C=O) groups excluding carboxylic acids is 1. The largest absolute Gasteiger partial charge is 0.370 e. The van der Waals surface area contributed by atoms with Crippen LogP contribution in [-0.2, 0) is 15.0 Å². The molecule has 4 N–H and O–H groups in total. The topological polar surface area (TPSA) is 108 Å². The standard InChI is InChI=1S/C20H27N5O3S/c1-22-29(27,28)23-16-6-5-9-18(14-16)25-13-12-24(17-7-3-2-4-8-17)15-19(25)10-11-20(21)26/h2-9,14,19,22-23H,10-13,15H2,1H3,(H2,21,26). The SMILES string of the molecule is CNS(=O)(=O)Nc1cccc(N2CCN(c3ccccc3)CC2CCC(N)=O)c1. The molecule has 0 spiro atoms. The second-order valence-electron chi connectivity index (χ2n) is 6.99. The van der Waals surface area contributed by atoms with Crippen LogP contribution >= 0.6 is 0 Å². The predicted octanol–water partition coefficient (Wildman–Crippen LogP) is 1.52. The van der Waals surface area contributed by atoms with Crippen LogP contribution < -0.4 is 25.0 Å². The lowest BCUT2D eigenvalue weighted by Gasteiger charge is -2.44. The third kappa shape index (κ3) is 5.61. The third-order valence-corrected chi connectivity index (χ3v) is 6.07. The average molecular weight is 418 g/mol. The number of primary amides is 1. The normalized spacial score (nSPS) is 17.2. The molecule has 0 bridgehead atoms. The van der Waals surface area contributed by atoms with E-state index in [-0.39, 0.29) is 11.9 Å². The summed E-state index contributed by atoms with van der Waals surface area (Å²) in [6.07, 6.45) is 0.932. The zero-order chi connectivity index (χ0) is 20.9. The Morgan fingerprint density at radius 1 is 1.10 bits per heavy atom. The fourth-order valence-corrected chi connectivity index (χ4v) is 4.12. The average Bonchev–Trinajstić information content (AvgIpc) is 2.72. The summed E-state index contributed by atoms with van der Waals surface area (Å²) in [4.78, 5) is 15.9. The number of nitrogens with two attached hydrogens (primary N) is 1. The van der Waals surface area contributed by atoms with Crippen molar-refractivity contribution in [3.05, 3.63) is 54.6 Å². The number of nitrogens with zero attached hydrogens (tertiary/aromatic N) is 2. The van der Waals surface area contributed by atoms with Gasteiger partial charge in [0.2, 0.25) is 5.91 Å². The van der Waals surface area contributed by atoms with Crippen LogP contribution in [0.15, 0.2) is 54.6 Å². The first-order valence-electron chi connectivity index (χ1n) is 9.54. The molecule has 2 aromatic carbocycles. The van der Waals surface area contributed by atoms with Crippen molar-refractivity contribution in [1.82, 2.24) is 4.72 Å². The molecule has 1 heterocycles. The molecule has 0 radical (unpaired) electrons. The van der Waals surface area contributed by atoms with Crippen LogP contribution in [0.1, 0.15) is 12.8 Å². The van der Waals surface area contributed by atoms with E-state index in [1.165, 1.54) is 7.05 Å². The molecule has 29 heavy (non-hydrogen) atoms. The van der Waals surface area contributed by atoms with Gasteiger partial charge in [-0.15, -0.1) is 0 Å². The fourth-order valence-electron chi connectivity index (χ4n) is 3.58. The highest BCUT2D eigenvalue weighted by Crippen LogP contribution is 2.28. The minimum Gasteiger partial charge on any atom is -0.370 e. The predicted molar refractivity (Wildman–Crippen MR) is 116 cm³/mol. The number of piperazine rings is 1. The van der Waals surface area contributed by atoms with E-state index < -0.39 is 10.2 Å². The molecule has 1 unspecified atom stereocenters. The molecule has 3 rings (SSSR count). The second kappa shape index (κ2) is 9.15. The van der Waals surface area contributed by atoms with Gasteiger partial charge < -0.3 is 15.5 Å². The van der Waals surface area contributed by atoms with E-state index in [2.05, 4.69) is 31.4 Å². The molecule has 1 aliphatic rings. The summed E-state index contributed by atoms with van der Waals surface area (Å²) < 4.78 is 28.3. The van der Waals surface area contributed by atoms with Crippen molar-refractivity contribution in [3.63, 3.8) is 0 Å². The van der Waals surface area contributed by atoms with Crippen LogP contribution in [-0.4, -0.2) is 47.0 Å². The number of rotatable bonds is 8. The molecule has 1 saturated heterocycles. The molecule has 0 saturated carbocycles. The number of anilines is 3. The molecule has 9 heteroatoms. The van der Waals surface area contributed by atoms with Crippen molar-refractivity contribution in [2.45, 2.75) is 18.9 Å². The number of hydrogen-bond donors (Lipinski definition) is 3. The van der Waals surface area contributed by atoms with Gasteiger partial charge in [-0.1, -0.05) is 24.3 Å². The van der Waals surface area contributed by atoms with Crippen LogP contribution in [0.2, 0.25) is 0 Å². The Bertz CT molecular complexity index is 936. The highest BCUT2D eigenvalue weighted by atomic mass is 32.2. The quantitative estimate of drug-likeness (QED) is 0.604. The summed E-state index contributed by atoms with van der Waals surface area (Å²) in [5.41, 5.74) is 7.93. The molecule has 8 nitrogen and oxygen atoms in total. The number of nitrogens with one attached hydrogen (secondary N) is 2. The van der Waals surface area contributed by atoms with Gasteiger partial charge in [0.1, 0.15) is 0 Å². The molecule has 156 valence electrons. The van der Waals surface area contributed by atoms with Crippen molar-refractivity contribution in [2.75, 3.05) is 41.2 Å². The summed E-state index contributed by atoms with van der Waals surface area (Å²) in [5.74, 6) is -0.322. The second-order valence-corrected chi connectivity index (χ2v) is 8.61. The fraction of sp³-hybridized carbons (Fsp3) is 0.350. The van der Waals surface area contributed by atoms with Crippen molar-refractivity contribution >= 4 is 33.2 Å². The highest BCUT2D eigenvalue weighted by molar-refractivity contribution is 7.90. The summed E-state index contributed by atoms with van der Waals surface area (Å²) in [5, 5.41) is 0. The minimum absolute atomic E-state index is 0.0765. The Labute approximate surface area is 171 Å². The van der Waals surface area contributed by atoms with Crippen molar-refractivity contribution in [3.8, 4) is 0 Å². The van der Waals surface area contributed by atoms with Crippen LogP contribution in [0.5, 0.6) is 0 Å². The number of para-hydroxylation sites is 1. The van der Waals surface area contributed by atoms with E-state index in [1.54, 1.807) is 6.07 Å². The molecule has 1 atom stereocenters. The smallest absolute Gasteiger partial charge is 0.298 e. The van der Waals surface area contributed by atoms with Gasteiger partial charge in [0.05, 0.1) is 5.69 Å². The third-order valence-electron chi connectivity index (χ3n) is 5.03. The van der Waals surface area contributed by atoms with Crippen LogP contribution in [0, 0.1) is 0 Å². The molecule has 1 aliphatic heterocycles. The molecule has 2 aromatic rings. The van der Waals surface area contributed by atoms with E-state index in [0.717, 1.165) is 31.0 Å².